The molecule has 1 aromatic carbocycles. The second kappa shape index (κ2) is 7.76. The third-order valence-electron chi connectivity index (χ3n) is 2.23. The molecule has 0 fully saturated rings. The molecule has 100 valence electrons. The third kappa shape index (κ3) is 4.96. The molecule has 0 radical (unpaired) electrons. The Morgan fingerprint density at radius 2 is 2.00 bits per heavy atom. The van der Waals surface area contributed by atoms with Crippen LogP contribution in [0.3, 0.4) is 0 Å². The normalized spacial score (nSPS) is 10.4. The van der Waals surface area contributed by atoms with Gasteiger partial charge in [0.05, 0.1) is 22.0 Å². The summed E-state index contributed by atoms with van der Waals surface area (Å²) in [6.45, 7) is 4.06. The predicted octanol–water partition coefficient (Wildman–Crippen LogP) is 2.58. The first-order valence-electron chi connectivity index (χ1n) is 5.64. The first kappa shape index (κ1) is 15.5. The molecule has 1 amide bonds. The number of nitrogens with one attached hydrogen (secondary N) is 1. The summed E-state index contributed by atoms with van der Waals surface area (Å²) in [4.78, 5) is 10.6. The van der Waals surface area contributed by atoms with Gasteiger partial charge in [-0.05, 0) is 56.1 Å². The lowest BCUT2D eigenvalue weighted by Crippen LogP contribution is -2.15. The second-order valence-corrected chi connectivity index (χ2v) is 5.44. The van der Waals surface area contributed by atoms with Gasteiger partial charge in [0.25, 0.3) is 0 Å². The van der Waals surface area contributed by atoms with Crippen LogP contribution in [0.15, 0.2) is 21.1 Å². The summed E-state index contributed by atoms with van der Waals surface area (Å²) in [5.41, 5.74) is 6.21. The zero-order valence-corrected chi connectivity index (χ0v) is 13.3. The van der Waals surface area contributed by atoms with Crippen molar-refractivity contribution in [3.8, 4) is 5.75 Å². The zero-order valence-electron chi connectivity index (χ0n) is 10.1. The fourth-order valence-electron chi connectivity index (χ4n) is 1.38. The Hall–Kier alpha value is -0.590. The van der Waals surface area contributed by atoms with Gasteiger partial charge in [-0.15, -0.1) is 0 Å². The largest absolute Gasteiger partial charge is 0.491 e. The highest BCUT2D eigenvalue weighted by Gasteiger charge is 2.09. The van der Waals surface area contributed by atoms with E-state index in [1.54, 1.807) is 0 Å². The molecular weight excluding hydrogens is 364 g/mol. The van der Waals surface area contributed by atoms with Gasteiger partial charge in [0, 0.05) is 6.54 Å². The van der Waals surface area contributed by atoms with Gasteiger partial charge in [-0.2, -0.15) is 0 Å². The molecule has 1 rings (SSSR count). The van der Waals surface area contributed by atoms with Crippen molar-refractivity contribution in [2.24, 2.45) is 5.73 Å². The van der Waals surface area contributed by atoms with Crippen molar-refractivity contribution in [1.29, 1.82) is 0 Å². The number of primary amides is 1. The minimum absolute atomic E-state index is 0.206. The molecule has 0 aromatic heterocycles. The monoisotopic (exact) mass is 378 g/mol. The number of rotatable bonds is 7. The Labute approximate surface area is 124 Å². The van der Waals surface area contributed by atoms with Crippen molar-refractivity contribution in [1.82, 2.24) is 5.32 Å². The molecule has 0 bridgehead atoms. The van der Waals surface area contributed by atoms with Crippen LogP contribution < -0.4 is 15.8 Å². The minimum Gasteiger partial charge on any atom is -0.491 e. The molecular formula is C12H16Br2N2O2. The number of carbonyl (C=O) groups excluding carboxylic acids is 1. The SMILES string of the molecule is CCNCc1cc(Br)c(OCCC(N)=O)c(Br)c1. The maximum Gasteiger partial charge on any atom is 0.220 e. The Kier molecular flexibility index (Phi) is 6.67. The minimum atomic E-state index is -0.369. The van der Waals surface area contributed by atoms with Crippen LogP contribution in [0.4, 0.5) is 0 Å². The molecule has 6 heteroatoms. The summed E-state index contributed by atoms with van der Waals surface area (Å²) < 4.78 is 7.23. The second-order valence-electron chi connectivity index (χ2n) is 3.73. The summed E-state index contributed by atoms with van der Waals surface area (Å²) in [7, 11) is 0. The molecule has 4 nitrogen and oxygen atoms in total. The maximum absolute atomic E-state index is 10.6. The van der Waals surface area contributed by atoms with Gasteiger partial charge in [0.2, 0.25) is 5.91 Å². The standard InChI is InChI=1S/C12H16Br2N2O2/c1-2-16-7-8-5-9(13)12(10(14)6-8)18-4-3-11(15)17/h5-6,16H,2-4,7H2,1H3,(H2,15,17). The topological polar surface area (TPSA) is 64.3 Å². The van der Waals surface area contributed by atoms with Crippen molar-refractivity contribution in [2.45, 2.75) is 19.9 Å². The number of carbonyl (C=O) groups is 1. The number of hydrogen-bond acceptors (Lipinski definition) is 3. The Morgan fingerprint density at radius 3 is 2.50 bits per heavy atom. The molecule has 0 heterocycles. The number of ether oxygens (including phenoxy) is 1. The Morgan fingerprint density at radius 1 is 1.39 bits per heavy atom. The molecule has 0 saturated heterocycles. The molecule has 3 N–H and O–H groups in total. The molecule has 0 unspecified atom stereocenters. The van der Waals surface area contributed by atoms with Crippen molar-refractivity contribution in [3.63, 3.8) is 0 Å². The summed E-state index contributed by atoms with van der Waals surface area (Å²) in [5, 5.41) is 3.25. The molecule has 0 aliphatic heterocycles. The average molecular weight is 380 g/mol. The fraction of sp³-hybridized carbons (Fsp3) is 0.417. The van der Waals surface area contributed by atoms with Crippen LogP contribution in [0.5, 0.6) is 5.75 Å². The Balaban J connectivity index is 2.71. The zero-order chi connectivity index (χ0) is 13.5. The summed E-state index contributed by atoms with van der Waals surface area (Å²) >= 11 is 6.92. The molecule has 0 saturated carbocycles. The van der Waals surface area contributed by atoms with Crippen LogP contribution in [-0.4, -0.2) is 19.1 Å². The smallest absolute Gasteiger partial charge is 0.220 e. The highest BCUT2D eigenvalue weighted by molar-refractivity contribution is 9.11. The molecule has 0 aliphatic rings. The van der Waals surface area contributed by atoms with E-state index in [1.165, 1.54) is 0 Å². The van der Waals surface area contributed by atoms with Gasteiger partial charge in [-0.1, -0.05) is 6.92 Å². The molecule has 0 atom stereocenters. The third-order valence-corrected chi connectivity index (χ3v) is 3.41. The van der Waals surface area contributed by atoms with E-state index in [2.05, 4.69) is 44.1 Å². The van der Waals surface area contributed by atoms with Gasteiger partial charge < -0.3 is 15.8 Å². The molecule has 18 heavy (non-hydrogen) atoms. The van der Waals surface area contributed by atoms with E-state index in [0.29, 0.717) is 5.75 Å². The van der Waals surface area contributed by atoms with Crippen LogP contribution in [0, 0.1) is 0 Å². The maximum atomic E-state index is 10.6. The Bertz CT molecular complexity index is 402. The highest BCUT2D eigenvalue weighted by Crippen LogP contribution is 2.34. The average Bonchev–Trinajstić information content (AvgIpc) is 2.29. The van der Waals surface area contributed by atoms with Gasteiger partial charge in [-0.3, -0.25) is 4.79 Å². The number of amides is 1. The first-order chi connectivity index (χ1) is 8.54. The van der Waals surface area contributed by atoms with E-state index in [9.17, 15) is 4.79 Å². The van der Waals surface area contributed by atoms with Crippen molar-refractivity contribution in [2.75, 3.05) is 13.2 Å². The van der Waals surface area contributed by atoms with E-state index < -0.39 is 0 Å². The van der Waals surface area contributed by atoms with Crippen LogP contribution >= 0.6 is 31.9 Å². The molecule has 0 spiro atoms. The van der Waals surface area contributed by atoms with Crippen molar-refractivity contribution >= 4 is 37.8 Å². The lowest BCUT2D eigenvalue weighted by Gasteiger charge is -2.12. The van der Waals surface area contributed by atoms with Crippen LogP contribution in [-0.2, 0) is 11.3 Å². The molecule has 0 aliphatic carbocycles. The summed E-state index contributed by atoms with van der Waals surface area (Å²) in [6, 6.07) is 3.99. The molecule has 1 aromatic rings. The summed E-state index contributed by atoms with van der Waals surface area (Å²) in [5.74, 6) is 0.322. The van der Waals surface area contributed by atoms with E-state index in [1.807, 2.05) is 12.1 Å². The van der Waals surface area contributed by atoms with E-state index in [0.717, 1.165) is 27.6 Å². The van der Waals surface area contributed by atoms with Crippen LogP contribution in [0.25, 0.3) is 0 Å². The van der Waals surface area contributed by atoms with Gasteiger partial charge in [0.15, 0.2) is 0 Å². The predicted molar refractivity (Wildman–Crippen MR) is 78.5 cm³/mol. The van der Waals surface area contributed by atoms with Gasteiger partial charge in [-0.25, -0.2) is 0 Å². The van der Waals surface area contributed by atoms with Gasteiger partial charge >= 0.3 is 0 Å². The van der Waals surface area contributed by atoms with Crippen LogP contribution in [0.1, 0.15) is 18.9 Å². The first-order valence-corrected chi connectivity index (χ1v) is 7.23. The lowest BCUT2D eigenvalue weighted by molar-refractivity contribution is -0.118. The fourth-order valence-corrected chi connectivity index (χ4v) is 2.89. The highest BCUT2D eigenvalue weighted by atomic mass is 79.9. The van der Waals surface area contributed by atoms with Crippen LogP contribution in [0.2, 0.25) is 0 Å². The van der Waals surface area contributed by atoms with Gasteiger partial charge in [0.1, 0.15) is 5.75 Å². The van der Waals surface area contributed by atoms with E-state index >= 15 is 0 Å². The number of halogens is 2. The number of nitrogens with two attached hydrogens (primary N) is 1. The lowest BCUT2D eigenvalue weighted by atomic mass is 10.2. The number of hydrogen-bond donors (Lipinski definition) is 2. The van der Waals surface area contributed by atoms with E-state index in [-0.39, 0.29) is 18.9 Å². The van der Waals surface area contributed by atoms with E-state index in [4.69, 9.17) is 10.5 Å². The summed E-state index contributed by atoms with van der Waals surface area (Å²) in [6.07, 6.45) is 0.206. The quantitative estimate of drug-likeness (QED) is 0.765. The van der Waals surface area contributed by atoms with Crippen molar-refractivity contribution in [3.05, 3.63) is 26.6 Å². The number of benzene rings is 1. The van der Waals surface area contributed by atoms with Crippen molar-refractivity contribution < 1.29 is 9.53 Å².